The zero-order valence-corrected chi connectivity index (χ0v) is 21.1. The molecule has 1 aliphatic rings. The third kappa shape index (κ3) is 5.64. The molecule has 38 heavy (non-hydrogen) atoms. The number of aryl methyl sites for hydroxylation is 1. The van der Waals surface area contributed by atoms with E-state index in [2.05, 4.69) is 5.32 Å². The number of benzene rings is 3. The Morgan fingerprint density at radius 2 is 1.66 bits per heavy atom. The number of nitrogens with one attached hydrogen (secondary N) is 1. The van der Waals surface area contributed by atoms with Crippen molar-refractivity contribution >= 4 is 29.1 Å². The summed E-state index contributed by atoms with van der Waals surface area (Å²) in [6.45, 7) is 2.62. The number of unbranched alkanes of at least 4 members (excludes halogenated alkanes) is 2. The number of ether oxygens (including phenoxy) is 2. The summed E-state index contributed by atoms with van der Waals surface area (Å²) in [5, 5.41) is 13.9. The number of carbonyl (C=O) groups excluding carboxylic acids is 3. The number of rotatable bonds is 11. The Labute approximate surface area is 219 Å². The Morgan fingerprint density at radius 3 is 2.32 bits per heavy atom. The molecule has 3 amide bonds. The van der Waals surface area contributed by atoms with Gasteiger partial charge in [-0.3, -0.25) is 29.4 Å². The molecule has 0 atom stereocenters. The molecule has 1 aliphatic heterocycles. The minimum Gasteiger partial charge on any atom is -0.491 e. The number of imide groups is 1. The van der Waals surface area contributed by atoms with Crippen molar-refractivity contribution in [3.8, 4) is 11.5 Å². The molecular formula is C28H27N3O7. The summed E-state index contributed by atoms with van der Waals surface area (Å²) >= 11 is 0. The number of amides is 3. The fourth-order valence-electron chi connectivity index (χ4n) is 4.19. The van der Waals surface area contributed by atoms with Crippen molar-refractivity contribution in [2.75, 3.05) is 25.6 Å². The highest BCUT2D eigenvalue weighted by molar-refractivity contribution is 6.21. The molecule has 10 nitrogen and oxygen atoms in total. The van der Waals surface area contributed by atoms with Crippen LogP contribution < -0.4 is 14.8 Å². The molecule has 196 valence electrons. The van der Waals surface area contributed by atoms with Crippen LogP contribution in [0.25, 0.3) is 0 Å². The van der Waals surface area contributed by atoms with Gasteiger partial charge in [-0.2, -0.15) is 0 Å². The molecule has 4 rings (SSSR count). The lowest BCUT2D eigenvalue weighted by Crippen LogP contribution is -2.30. The smallest absolute Gasteiger partial charge is 0.310 e. The molecule has 3 aromatic rings. The van der Waals surface area contributed by atoms with Crippen LogP contribution in [0.15, 0.2) is 60.7 Å². The Balaban J connectivity index is 1.30. The molecule has 0 unspecified atom stereocenters. The standard InChI is InChI=1S/C28H27N3O7/c1-18-10-12-22(29-26(32)19-11-13-23(31(35)36)25(17-19)37-2)24(16-18)38-15-7-3-6-14-30-27(33)20-8-4-5-9-21(20)28(30)34/h4-5,8-13,16-17H,3,6-7,14-15H2,1-2H3,(H,29,32). The minimum absolute atomic E-state index is 0.00996. The van der Waals surface area contributed by atoms with Crippen molar-refractivity contribution in [2.24, 2.45) is 0 Å². The van der Waals surface area contributed by atoms with Gasteiger partial charge in [0, 0.05) is 24.2 Å². The molecule has 0 saturated heterocycles. The van der Waals surface area contributed by atoms with Gasteiger partial charge in [-0.25, -0.2) is 0 Å². The zero-order chi connectivity index (χ0) is 27.2. The second-order valence-corrected chi connectivity index (χ2v) is 8.81. The van der Waals surface area contributed by atoms with E-state index in [1.54, 1.807) is 30.3 Å². The lowest BCUT2D eigenvalue weighted by Gasteiger charge is -2.15. The van der Waals surface area contributed by atoms with Crippen LogP contribution in [-0.4, -0.2) is 47.8 Å². The fraction of sp³-hybridized carbons (Fsp3) is 0.250. The molecule has 0 bridgehead atoms. The fourth-order valence-corrected chi connectivity index (χ4v) is 4.19. The van der Waals surface area contributed by atoms with Gasteiger partial charge in [-0.1, -0.05) is 18.2 Å². The van der Waals surface area contributed by atoms with Gasteiger partial charge in [0.05, 0.1) is 35.5 Å². The summed E-state index contributed by atoms with van der Waals surface area (Å²) in [7, 11) is 1.30. The van der Waals surface area contributed by atoms with Crippen LogP contribution in [0.2, 0.25) is 0 Å². The van der Waals surface area contributed by atoms with Gasteiger partial charge in [0.25, 0.3) is 17.7 Å². The van der Waals surface area contributed by atoms with Crippen molar-refractivity contribution in [2.45, 2.75) is 26.2 Å². The number of nitro benzene ring substituents is 1. The molecule has 3 aromatic carbocycles. The highest BCUT2D eigenvalue weighted by Gasteiger charge is 2.34. The van der Waals surface area contributed by atoms with Gasteiger partial charge in [-0.05, 0) is 62.1 Å². The lowest BCUT2D eigenvalue weighted by atomic mass is 10.1. The van der Waals surface area contributed by atoms with Crippen molar-refractivity contribution < 1.29 is 28.8 Å². The lowest BCUT2D eigenvalue weighted by molar-refractivity contribution is -0.385. The van der Waals surface area contributed by atoms with Gasteiger partial charge >= 0.3 is 5.69 Å². The van der Waals surface area contributed by atoms with Gasteiger partial charge in [-0.15, -0.1) is 0 Å². The number of hydrogen-bond donors (Lipinski definition) is 1. The Morgan fingerprint density at radius 1 is 0.947 bits per heavy atom. The highest BCUT2D eigenvalue weighted by Crippen LogP contribution is 2.30. The molecule has 0 aromatic heterocycles. The van der Waals surface area contributed by atoms with E-state index in [1.165, 1.54) is 30.2 Å². The SMILES string of the molecule is COc1cc(C(=O)Nc2ccc(C)cc2OCCCCCN2C(=O)c3ccccc3C2=O)ccc1[N+](=O)[O-]. The first kappa shape index (κ1) is 26.3. The highest BCUT2D eigenvalue weighted by atomic mass is 16.6. The van der Waals surface area contributed by atoms with Crippen LogP contribution in [0.3, 0.4) is 0 Å². The van der Waals surface area contributed by atoms with Crippen LogP contribution >= 0.6 is 0 Å². The molecule has 0 spiro atoms. The molecule has 1 N–H and O–H groups in total. The van der Waals surface area contributed by atoms with Crippen molar-refractivity contribution in [1.29, 1.82) is 0 Å². The van der Waals surface area contributed by atoms with Crippen LogP contribution in [0.4, 0.5) is 11.4 Å². The predicted molar refractivity (Wildman–Crippen MR) is 140 cm³/mol. The van der Waals surface area contributed by atoms with E-state index in [-0.39, 0.29) is 28.8 Å². The largest absolute Gasteiger partial charge is 0.491 e. The second-order valence-electron chi connectivity index (χ2n) is 8.81. The monoisotopic (exact) mass is 517 g/mol. The molecule has 0 saturated carbocycles. The Bertz CT molecular complexity index is 1370. The van der Waals surface area contributed by atoms with Crippen LogP contribution in [0, 0.1) is 17.0 Å². The predicted octanol–water partition coefficient (Wildman–Crippen LogP) is 5.01. The molecule has 0 aliphatic carbocycles. The summed E-state index contributed by atoms with van der Waals surface area (Å²) in [5.41, 5.74) is 2.27. The first-order chi connectivity index (χ1) is 18.3. The molecule has 10 heteroatoms. The Kier molecular flexibility index (Phi) is 8.00. The van der Waals surface area contributed by atoms with Crippen LogP contribution in [-0.2, 0) is 0 Å². The summed E-state index contributed by atoms with van der Waals surface area (Å²) in [4.78, 5) is 49.6. The van der Waals surface area contributed by atoms with E-state index in [0.29, 0.717) is 48.6 Å². The van der Waals surface area contributed by atoms with Crippen molar-refractivity contribution in [3.05, 3.63) is 93.0 Å². The topological polar surface area (TPSA) is 128 Å². The van der Waals surface area contributed by atoms with Gasteiger partial charge in [0.1, 0.15) is 5.75 Å². The number of anilines is 1. The normalized spacial score (nSPS) is 12.3. The van der Waals surface area contributed by atoms with Gasteiger partial charge < -0.3 is 14.8 Å². The van der Waals surface area contributed by atoms with Crippen LogP contribution in [0.1, 0.15) is 55.9 Å². The van der Waals surface area contributed by atoms with E-state index in [1.807, 2.05) is 19.1 Å². The summed E-state index contributed by atoms with van der Waals surface area (Å²) < 4.78 is 11.0. The number of nitro groups is 1. The number of methoxy groups -OCH3 is 1. The number of hydrogen-bond acceptors (Lipinski definition) is 7. The number of fused-ring (bicyclic) bond motifs is 1. The third-order valence-corrected chi connectivity index (χ3v) is 6.19. The van der Waals surface area contributed by atoms with Gasteiger partial charge in [0.15, 0.2) is 5.75 Å². The van der Waals surface area contributed by atoms with Crippen LogP contribution in [0.5, 0.6) is 11.5 Å². The summed E-state index contributed by atoms with van der Waals surface area (Å²) in [5.74, 6) is -0.495. The van der Waals surface area contributed by atoms with Crippen molar-refractivity contribution in [3.63, 3.8) is 0 Å². The average molecular weight is 518 g/mol. The summed E-state index contributed by atoms with van der Waals surface area (Å²) in [6, 6.07) is 16.1. The maximum Gasteiger partial charge on any atom is 0.310 e. The average Bonchev–Trinajstić information content (AvgIpc) is 3.16. The maximum atomic E-state index is 12.8. The second kappa shape index (κ2) is 11.5. The third-order valence-electron chi connectivity index (χ3n) is 6.19. The van der Waals surface area contributed by atoms with E-state index in [4.69, 9.17) is 9.47 Å². The maximum absolute atomic E-state index is 12.8. The van der Waals surface area contributed by atoms with Crippen molar-refractivity contribution in [1.82, 2.24) is 4.90 Å². The van der Waals surface area contributed by atoms with E-state index in [9.17, 15) is 24.5 Å². The quantitative estimate of drug-likeness (QED) is 0.164. The molecule has 0 fully saturated rings. The van der Waals surface area contributed by atoms with E-state index < -0.39 is 10.8 Å². The van der Waals surface area contributed by atoms with E-state index in [0.717, 1.165) is 12.0 Å². The first-order valence-corrected chi connectivity index (χ1v) is 12.1. The summed E-state index contributed by atoms with van der Waals surface area (Å²) in [6.07, 6.45) is 2.07. The number of carbonyl (C=O) groups is 3. The van der Waals surface area contributed by atoms with E-state index >= 15 is 0 Å². The molecular weight excluding hydrogens is 490 g/mol. The minimum atomic E-state index is -0.577. The molecule has 0 radical (unpaired) electrons. The zero-order valence-electron chi connectivity index (χ0n) is 21.1. The Hall–Kier alpha value is -4.73. The van der Waals surface area contributed by atoms with Gasteiger partial charge in [0.2, 0.25) is 0 Å². The molecule has 1 heterocycles. The first-order valence-electron chi connectivity index (χ1n) is 12.1. The number of nitrogens with zero attached hydrogens (tertiary/aromatic N) is 2.